The van der Waals surface area contributed by atoms with E-state index in [1.807, 2.05) is 24.3 Å². The van der Waals surface area contributed by atoms with E-state index in [2.05, 4.69) is 15.2 Å². The van der Waals surface area contributed by atoms with E-state index in [1.54, 1.807) is 24.3 Å². The molecule has 0 spiro atoms. The van der Waals surface area contributed by atoms with Gasteiger partial charge in [0.05, 0.1) is 4.90 Å². The van der Waals surface area contributed by atoms with Crippen LogP contribution in [0.2, 0.25) is 0 Å². The van der Waals surface area contributed by atoms with Crippen molar-refractivity contribution in [3.63, 3.8) is 0 Å². The summed E-state index contributed by atoms with van der Waals surface area (Å²) in [5, 5.41) is 0.874. The summed E-state index contributed by atoms with van der Waals surface area (Å²) in [7, 11) is -3.79. The summed E-state index contributed by atoms with van der Waals surface area (Å²) >= 11 is 0. The van der Waals surface area contributed by atoms with Crippen molar-refractivity contribution in [2.75, 3.05) is 0 Å². The molecular formula is C15H13N3O3S. The Labute approximate surface area is 127 Å². The molecule has 1 aromatic heterocycles. The van der Waals surface area contributed by atoms with Crippen LogP contribution in [-0.4, -0.2) is 19.3 Å². The van der Waals surface area contributed by atoms with Crippen LogP contribution in [0.1, 0.15) is 10.5 Å². The van der Waals surface area contributed by atoms with E-state index < -0.39 is 15.9 Å². The van der Waals surface area contributed by atoms with E-state index in [1.165, 1.54) is 12.1 Å². The first-order valence-corrected chi connectivity index (χ1v) is 7.99. The van der Waals surface area contributed by atoms with Gasteiger partial charge in [0.1, 0.15) is 5.69 Å². The van der Waals surface area contributed by atoms with Crippen LogP contribution in [0.25, 0.3) is 10.9 Å². The molecule has 1 amide bonds. The molecular weight excluding hydrogens is 302 g/mol. The number of hydrogen-bond donors (Lipinski definition) is 3. The molecule has 3 N–H and O–H groups in total. The number of aromatic amines is 1. The second kappa shape index (κ2) is 5.63. The highest BCUT2D eigenvalue weighted by molar-refractivity contribution is 7.89. The molecule has 6 nitrogen and oxygen atoms in total. The van der Waals surface area contributed by atoms with Crippen LogP contribution in [-0.2, 0) is 10.0 Å². The summed E-state index contributed by atoms with van der Waals surface area (Å²) in [5.74, 6) is -0.560. The molecule has 0 aliphatic rings. The minimum atomic E-state index is -3.79. The highest BCUT2D eigenvalue weighted by atomic mass is 32.2. The molecule has 0 aliphatic carbocycles. The molecule has 0 aliphatic heterocycles. The van der Waals surface area contributed by atoms with Crippen LogP contribution in [0.3, 0.4) is 0 Å². The molecule has 1 heterocycles. The molecule has 2 aromatic carbocycles. The van der Waals surface area contributed by atoms with Crippen molar-refractivity contribution in [2.45, 2.75) is 4.90 Å². The van der Waals surface area contributed by atoms with Crippen LogP contribution in [0.5, 0.6) is 0 Å². The summed E-state index contributed by atoms with van der Waals surface area (Å²) in [4.78, 5) is 17.1. The highest BCUT2D eigenvalue weighted by Crippen LogP contribution is 2.14. The molecule has 22 heavy (non-hydrogen) atoms. The summed E-state index contributed by atoms with van der Waals surface area (Å²) in [6.07, 6.45) is 0. The summed E-state index contributed by atoms with van der Waals surface area (Å²) in [5.41, 5.74) is 3.27. The number of rotatable bonds is 4. The van der Waals surface area contributed by atoms with Gasteiger partial charge in [-0.3, -0.25) is 10.2 Å². The molecule has 0 atom stereocenters. The number of hydrogen-bond acceptors (Lipinski definition) is 3. The number of aromatic nitrogens is 1. The van der Waals surface area contributed by atoms with Crippen molar-refractivity contribution in [1.82, 2.24) is 15.2 Å². The lowest BCUT2D eigenvalue weighted by Crippen LogP contribution is -2.41. The van der Waals surface area contributed by atoms with Gasteiger partial charge >= 0.3 is 0 Å². The summed E-state index contributed by atoms with van der Waals surface area (Å²) in [6.45, 7) is 0. The second-order valence-corrected chi connectivity index (χ2v) is 6.33. The molecule has 0 fully saturated rings. The number of sulfonamides is 1. The quantitative estimate of drug-likeness (QED) is 0.641. The zero-order chi connectivity index (χ0) is 15.6. The Hall–Kier alpha value is -2.64. The third-order valence-electron chi connectivity index (χ3n) is 3.13. The van der Waals surface area contributed by atoms with Crippen molar-refractivity contribution >= 4 is 26.8 Å². The lowest BCUT2D eigenvalue weighted by Gasteiger charge is -2.07. The number of para-hydroxylation sites is 1. The van der Waals surface area contributed by atoms with Crippen LogP contribution >= 0.6 is 0 Å². The van der Waals surface area contributed by atoms with Gasteiger partial charge in [0.15, 0.2) is 0 Å². The number of carbonyl (C=O) groups excluding carboxylic acids is 1. The molecule has 7 heteroatoms. The number of amides is 1. The number of benzene rings is 2. The van der Waals surface area contributed by atoms with Gasteiger partial charge in [0.25, 0.3) is 15.9 Å². The van der Waals surface area contributed by atoms with Gasteiger partial charge in [-0.15, -0.1) is 4.83 Å². The lowest BCUT2D eigenvalue weighted by atomic mass is 10.2. The molecule has 0 saturated heterocycles. The Morgan fingerprint density at radius 3 is 2.36 bits per heavy atom. The number of hydrazine groups is 1. The van der Waals surface area contributed by atoms with E-state index in [9.17, 15) is 13.2 Å². The summed E-state index contributed by atoms with van der Waals surface area (Å²) in [6, 6.07) is 16.9. The predicted molar refractivity (Wildman–Crippen MR) is 82.5 cm³/mol. The maximum absolute atomic E-state index is 12.0. The highest BCUT2D eigenvalue weighted by Gasteiger charge is 2.16. The molecule has 3 rings (SSSR count). The average molecular weight is 315 g/mol. The van der Waals surface area contributed by atoms with E-state index >= 15 is 0 Å². The Morgan fingerprint density at radius 1 is 0.955 bits per heavy atom. The minimum absolute atomic E-state index is 0.0759. The van der Waals surface area contributed by atoms with Gasteiger partial charge in [0.2, 0.25) is 0 Å². The van der Waals surface area contributed by atoms with E-state index in [-0.39, 0.29) is 10.6 Å². The van der Waals surface area contributed by atoms with Gasteiger partial charge in [-0.25, -0.2) is 8.42 Å². The first kappa shape index (κ1) is 14.3. The Bertz CT molecular complexity index is 884. The average Bonchev–Trinajstić information content (AvgIpc) is 2.98. The fourth-order valence-corrected chi connectivity index (χ4v) is 2.90. The van der Waals surface area contributed by atoms with Crippen molar-refractivity contribution in [3.05, 3.63) is 66.4 Å². The van der Waals surface area contributed by atoms with Crippen molar-refractivity contribution in [1.29, 1.82) is 0 Å². The van der Waals surface area contributed by atoms with Crippen LogP contribution in [0, 0.1) is 0 Å². The second-order valence-electron chi connectivity index (χ2n) is 4.64. The van der Waals surface area contributed by atoms with Gasteiger partial charge in [-0.05, 0) is 24.3 Å². The third kappa shape index (κ3) is 2.85. The zero-order valence-electron chi connectivity index (χ0n) is 11.4. The molecule has 0 saturated carbocycles. The Morgan fingerprint density at radius 2 is 1.64 bits per heavy atom. The molecule has 112 valence electrons. The van der Waals surface area contributed by atoms with Gasteiger partial charge in [-0.1, -0.05) is 36.4 Å². The first-order chi connectivity index (χ1) is 10.6. The molecule has 0 bridgehead atoms. The fourth-order valence-electron chi connectivity index (χ4n) is 2.04. The van der Waals surface area contributed by atoms with Crippen LogP contribution < -0.4 is 10.3 Å². The maximum atomic E-state index is 12.0. The van der Waals surface area contributed by atoms with Gasteiger partial charge in [0, 0.05) is 10.9 Å². The summed E-state index contributed by atoms with van der Waals surface area (Å²) < 4.78 is 24.0. The Kier molecular flexibility index (Phi) is 3.66. The predicted octanol–water partition coefficient (Wildman–Crippen LogP) is 1.79. The van der Waals surface area contributed by atoms with Gasteiger partial charge in [-0.2, -0.15) is 0 Å². The van der Waals surface area contributed by atoms with Crippen molar-refractivity contribution < 1.29 is 13.2 Å². The fraction of sp³-hybridized carbons (Fsp3) is 0. The standard InChI is InChI=1S/C15H13N3O3S/c19-15(14-10-11-6-4-5-9-13(11)16-14)17-18-22(20,21)12-7-2-1-3-8-12/h1-10,16,18H,(H,17,19). The molecule has 0 radical (unpaired) electrons. The van der Waals surface area contributed by atoms with Crippen LogP contribution in [0.4, 0.5) is 0 Å². The number of fused-ring (bicyclic) bond motifs is 1. The number of carbonyl (C=O) groups is 1. The maximum Gasteiger partial charge on any atom is 0.282 e. The number of H-pyrrole nitrogens is 1. The largest absolute Gasteiger partial charge is 0.350 e. The lowest BCUT2D eigenvalue weighted by molar-refractivity contribution is 0.0941. The van der Waals surface area contributed by atoms with E-state index in [0.717, 1.165) is 10.9 Å². The smallest absolute Gasteiger partial charge is 0.282 e. The van der Waals surface area contributed by atoms with Gasteiger partial charge < -0.3 is 4.98 Å². The normalized spacial score (nSPS) is 11.5. The van der Waals surface area contributed by atoms with Crippen molar-refractivity contribution in [3.8, 4) is 0 Å². The monoisotopic (exact) mass is 315 g/mol. The number of nitrogens with one attached hydrogen (secondary N) is 3. The molecule has 3 aromatic rings. The topological polar surface area (TPSA) is 91.1 Å². The SMILES string of the molecule is O=C(NNS(=O)(=O)c1ccccc1)c1cc2ccccc2[nH]1. The van der Waals surface area contributed by atoms with E-state index in [0.29, 0.717) is 0 Å². The third-order valence-corrected chi connectivity index (χ3v) is 4.39. The van der Waals surface area contributed by atoms with Crippen LogP contribution in [0.15, 0.2) is 65.6 Å². The molecule has 0 unspecified atom stereocenters. The minimum Gasteiger partial charge on any atom is -0.350 e. The van der Waals surface area contributed by atoms with Crippen molar-refractivity contribution in [2.24, 2.45) is 0 Å². The zero-order valence-corrected chi connectivity index (χ0v) is 12.2. The first-order valence-electron chi connectivity index (χ1n) is 6.51. The van der Waals surface area contributed by atoms with E-state index in [4.69, 9.17) is 0 Å². The Balaban J connectivity index is 1.75.